The lowest BCUT2D eigenvalue weighted by molar-refractivity contribution is 0.368. The van der Waals surface area contributed by atoms with E-state index in [9.17, 15) is 4.57 Å². The molecule has 3 nitrogen and oxygen atoms in total. The third-order valence-corrected chi connectivity index (χ3v) is 3.47. The molecule has 60 valence electrons. The summed E-state index contributed by atoms with van der Waals surface area (Å²) in [5.74, 6) is 0.311. The van der Waals surface area contributed by atoms with Crippen molar-refractivity contribution in [1.82, 2.24) is 0 Å². The topological polar surface area (TPSA) is 57.5 Å². The molecule has 0 aromatic carbocycles. The van der Waals surface area contributed by atoms with E-state index in [1.807, 2.05) is 6.92 Å². The Morgan fingerprint density at radius 2 is 2.20 bits per heavy atom. The van der Waals surface area contributed by atoms with Gasteiger partial charge in [0.05, 0.1) is 5.66 Å². The molecule has 1 fully saturated rings. The van der Waals surface area contributed by atoms with E-state index >= 15 is 0 Å². The molecule has 2 unspecified atom stereocenters. The Labute approximate surface area is 60.6 Å². The van der Waals surface area contributed by atoms with Crippen molar-refractivity contribution < 1.29 is 14.4 Å². The van der Waals surface area contributed by atoms with E-state index in [1.54, 1.807) is 0 Å². The molecule has 4 heteroatoms. The fourth-order valence-corrected chi connectivity index (χ4v) is 2.57. The van der Waals surface area contributed by atoms with E-state index in [1.165, 1.54) is 0 Å². The summed E-state index contributed by atoms with van der Waals surface area (Å²) >= 11 is 0. The van der Waals surface area contributed by atoms with Crippen LogP contribution in [-0.4, -0.2) is 15.4 Å². The quantitative estimate of drug-likeness (QED) is 0.619. The fourth-order valence-electron chi connectivity index (χ4n) is 1.32. The van der Waals surface area contributed by atoms with E-state index < -0.39 is 7.60 Å². The SMILES string of the molecule is CCCC1CC1P(=O)(O)O. The third kappa shape index (κ3) is 1.82. The largest absolute Gasteiger partial charge is 0.328 e. The highest BCUT2D eigenvalue weighted by molar-refractivity contribution is 7.53. The zero-order chi connectivity index (χ0) is 7.78. The molecule has 0 aliphatic heterocycles. The first-order chi connectivity index (χ1) is 4.55. The van der Waals surface area contributed by atoms with Crippen molar-refractivity contribution in [3.05, 3.63) is 0 Å². The molecule has 0 saturated heterocycles. The maximum Gasteiger partial charge on any atom is 0.328 e. The average molecular weight is 164 g/mol. The summed E-state index contributed by atoms with van der Waals surface area (Å²) in [6, 6.07) is 0. The van der Waals surface area contributed by atoms with Gasteiger partial charge in [-0.1, -0.05) is 13.3 Å². The van der Waals surface area contributed by atoms with E-state index in [-0.39, 0.29) is 5.66 Å². The van der Waals surface area contributed by atoms with Crippen molar-refractivity contribution in [3.8, 4) is 0 Å². The van der Waals surface area contributed by atoms with Crippen LogP contribution in [0.25, 0.3) is 0 Å². The molecule has 0 radical (unpaired) electrons. The Morgan fingerprint density at radius 3 is 2.50 bits per heavy atom. The number of rotatable bonds is 3. The second-order valence-corrected chi connectivity index (χ2v) is 4.78. The molecule has 0 bridgehead atoms. The van der Waals surface area contributed by atoms with Crippen LogP contribution in [0.1, 0.15) is 26.2 Å². The molecule has 1 rings (SSSR count). The van der Waals surface area contributed by atoms with Crippen LogP contribution in [0.3, 0.4) is 0 Å². The molecule has 10 heavy (non-hydrogen) atoms. The van der Waals surface area contributed by atoms with Gasteiger partial charge in [-0.2, -0.15) is 0 Å². The zero-order valence-corrected chi connectivity index (χ0v) is 6.92. The summed E-state index contributed by atoms with van der Waals surface area (Å²) < 4.78 is 10.6. The van der Waals surface area contributed by atoms with Crippen LogP contribution in [0.15, 0.2) is 0 Å². The van der Waals surface area contributed by atoms with E-state index in [4.69, 9.17) is 9.79 Å². The van der Waals surface area contributed by atoms with Crippen LogP contribution < -0.4 is 0 Å². The predicted octanol–water partition coefficient (Wildman–Crippen LogP) is 1.35. The van der Waals surface area contributed by atoms with Gasteiger partial charge in [-0.3, -0.25) is 4.57 Å². The van der Waals surface area contributed by atoms with Gasteiger partial charge >= 0.3 is 7.60 Å². The standard InChI is InChI=1S/C6H13O3P/c1-2-3-5-4-6(5)10(7,8)9/h5-6H,2-4H2,1H3,(H2,7,8,9). The Kier molecular flexibility index (Phi) is 2.18. The minimum atomic E-state index is -3.71. The van der Waals surface area contributed by atoms with Crippen LogP contribution in [0.4, 0.5) is 0 Å². The van der Waals surface area contributed by atoms with Gasteiger partial charge < -0.3 is 9.79 Å². The van der Waals surface area contributed by atoms with Crippen molar-refractivity contribution in [2.45, 2.75) is 31.8 Å². The highest BCUT2D eigenvalue weighted by Crippen LogP contribution is 2.59. The smallest absolute Gasteiger partial charge is 0.324 e. The van der Waals surface area contributed by atoms with Gasteiger partial charge in [0.2, 0.25) is 0 Å². The van der Waals surface area contributed by atoms with E-state index in [0.717, 1.165) is 19.3 Å². The molecule has 1 aliphatic carbocycles. The Hall–Kier alpha value is 0.150. The molecule has 2 atom stereocenters. The van der Waals surface area contributed by atoms with Crippen molar-refractivity contribution >= 4 is 7.60 Å². The lowest BCUT2D eigenvalue weighted by atomic mass is 10.2. The number of hydrogen-bond donors (Lipinski definition) is 2. The van der Waals surface area contributed by atoms with Crippen molar-refractivity contribution in [1.29, 1.82) is 0 Å². The van der Waals surface area contributed by atoms with E-state index in [0.29, 0.717) is 5.92 Å². The van der Waals surface area contributed by atoms with Crippen LogP contribution in [-0.2, 0) is 4.57 Å². The minimum Gasteiger partial charge on any atom is -0.324 e. The summed E-state index contributed by atoms with van der Waals surface area (Å²) in [6.45, 7) is 2.04. The Balaban J connectivity index is 2.32. The molecule has 0 aromatic rings. The summed E-state index contributed by atoms with van der Waals surface area (Å²) in [6.07, 6.45) is 2.73. The van der Waals surface area contributed by atoms with Gasteiger partial charge in [-0.05, 0) is 18.8 Å². The summed E-state index contributed by atoms with van der Waals surface area (Å²) in [7, 11) is -3.71. The van der Waals surface area contributed by atoms with Gasteiger partial charge in [-0.15, -0.1) is 0 Å². The molecule has 1 aliphatic rings. The lowest BCUT2D eigenvalue weighted by Gasteiger charge is -2.00. The summed E-state index contributed by atoms with van der Waals surface area (Å²) in [5, 5.41) is 0. The maximum absolute atomic E-state index is 10.6. The summed E-state index contributed by atoms with van der Waals surface area (Å²) in [5.41, 5.74) is -0.299. The predicted molar refractivity (Wildman–Crippen MR) is 38.8 cm³/mol. The van der Waals surface area contributed by atoms with Crippen LogP contribution in [0.2, 0.25) is 0 Å². The molecule has 0 aromatic heterocycles. The molecule has 0 spiro atoms. The van der Waals surface area contributed by atoms with Gasteiger partial charge in [0.15, 0.2) is 0 Å². The third-order valence-electron chi connectivity index (χ3n) is 1.98. The Bertz CT molecular complexity index is 162. The second kappa shape index (κ2) is 2.65. The van der Waals surface area contributed by atoms with Crippen molar-refractivity contribution in [2.24, 2.45) is 5.92 Å². The zero-order valence-electron chi connectivity index (χ0n) is 6.03. The first-order valence-corrected chi connectivity index (χ1v) is 5.29. The van der Waals surface area contributed by atoms with Gasteiger partial charge in [0.25, 0.3) is 0 Å². The monoisotopic (exact) mass is 164 g/mol. The molecule has 0 amide bonds. The van der Waals surface area contributed by atoms with Crippen LogP contribution in [0.5, 0.6) is 0 Å². The van der Waals surface area contributed by atoms with E-state index in [2.05, 4.69) is 0 Å². The van der Waals surface area contributed by atoms with Crippen molar-refractivity contribution in [2.75, 3.05) is 0 Å². The lowest BCUT2D eigenvalue weighted by Crippen LogP contribution is -1.89. The molecule has 2 N–H and O–H groups in total. The number of hydrogen-bond acceptors (Lipinski definition) is 1. The Morgan fingerprint density at radius 1 is 1.60 bits per heavy atom. The fraction of sp³-hybridized carbons (Fsp3) is 1.00. The molecule has 0 heterocycles. The highest BCUT2D eigenvalue weighted by atomic mass is 31.2. The normalized spacial score (nSPS) is 32.3. The van der Waals surface area contributed by atoms with Gasteiger partial charge in [-0.25, -0.2) is 0 Å². The first kappa shape index (κ1) is 8.25. The molecule has 1 saturated carbocycles. The minimum absolute atomic E-state index is 0.299. The average Bonchev–Trinajstić information content (AvgIpc) is 2.44. The van der Waals surface area contributed by atoms with Crippen molar-refractivity contribution in [3.63, 3.8) is 0 Å². The molecular formula is C6H13O3P. The van der Waals surface area contributed by atoms with Gasteiger partial charge in [0.1, 0.15) is 0 Å². The first-order valence-electron chi connectivity index (χ1n) is 3.61. The van der Waals surface area contributed by atoms with Crippen LogP contribution >= 0.6 is 7.60 Å². The highest BCUT2D eigenvalue weighted by Gasteiger charge is 2.48. The van der Waals surface area contributed by atoms with Gasteiger partial charge in [0, 0.05) is 0 Å². The second-order valence-electron chi connectivity index (χ2n) is 2.94. The molecular weight excluding hydrogens is 151 g/mol. The summed E-state index contributed by atoms with van der Waals surface area (Å²) in [4.78, 5) is 17.3. The van der Waals surface area contributed by atoms with Crippen LogP contribution in [0, 0.1) is 5.92 Å². The maximum atomic E-state index is 10.6.